The molecule has 0 saturated carbocycles. The Balaban J connectivity index is 1.60. The van der Waals surface area contributed by atoms with Gasteiger partial charge in [-0.1, -0.05) is 35.3 Å². The van der Waals surface area contributed by atoms with E-state index in [-0.39, 0.29) is 5.91 Å². The minimum atomic E-state index is -0.204. The molecule has 21 heavy (non-hydrogen) atoms. The van der Waals surface area contributed by atoms with E-state index in [9.17, 15) is 4.79 Å². The first-order valence-corrected chi connectivity index (χ1v) is 8.60. The van der Waals surface area contributed by atoms with Gasteiger partial charge in [0.25, 0.3) is 5.91 Å². The predicted octanol–water partition coefficient (Wildman–Crippen LogP) is 4.64. The maximum Gasteiger partial charge on any atom is 0.253 e. The van der Waals surface area contributed by atoms with Crippen LogP contribution in [0.5, 0.6) is 0 Å². The number of carbonyl (C=O) groups is 1. The zero-order valence-electron chi connectivity index (χ0n) is 10.7. The second kappa shape index (κ2) is 6.32. The van der Waals surface area contributed by atoms with E-state index < -0.39 is 0 Å². The van der Waals surface area contributed by atoms with E-state index in [1.807, 2.05) is 24.3 Å². The zero-order chi connectivity index (χ0) is 14.8. The number of hydrogen-bond donors (Lipinski definition) is 1. The number of halogens is 2. The van der Waals surface area contributed by atoms with Crippen molar-refractivity contribution in [3.8, 4) is 0 Å². The highest BCUT2D eigenvalue weighted by atomic mass is 35.5. The molecule has 0 atom stereocenters. The van der Waals surface area contributed by atoms with Crippen LogP contribution in [0.3, 0.4) is 0 Å². The van der Waals surface area contributed by atoms with Crippen molar-refractivity contribution in [1.29, 1.82) is 0 Å². The molecule has 0 spiro atoms. The Kier molecular flexibility index (Phi) is 4.45. The number of rotatable bonds is 4. The quantitative estimate of drug-likeness (QED) is 0.739. The highest BCUT2D eigenvalue weighted by Gasteiger charge is 2.13. The van der Waals surface area contributed by atoms with Gasteiger partial charge in [0.05, 0.1) is 25.1 Å². The summed E-state index contributed by atoms with van der Waals surface area (Å²) in [4.78, 5) is 16.5. The number of nitrogens with one attached hydrogen (secondary N) is 1. The van der Waals surface area contributed by atoms with Crippen molar-refractivity contribution in [2.24, 2.45) is 0 Å². The minimum Gasteiger partial charge on any atom is -0.352 e. The molecule has 2 heterocycles. The summed E-state index contributed by atoms with van der Waals surface area (Å²) in [5.74, 6) is -0.204. The van der Waals surface area contributed by atoms with Gasteiger partial charge in [0.1, 0.15) is 4.34 Å². The summed E-state index contributed by atoms with van der Waals surface area (Å²) in [7, 11) is 0. The maximum absolute atomic E-state index is 12.0. The van der Waals surface area contributed by atoms with Crippen LogP contribution in [0.1, 0.15) is 15.4 Å². The van der Waals surface area contributed by atoms with Crippen LogP contribution in [-0.4, -0.2) is 17.4 Å². The van der Waals surface area contributed by atoms with Gasteiger partial charge in [-0.2, -0.15) is 0 Å². The van der Waals surface area contributed by atoms with E-state index in [0.717, 1.165) is 15.2 Å². The summed E-state index contributed by atoms with van der Waals surface area (Å²) in [6.07, 6.45) is 0.695. The Morgan fingerprint density at radius 1 is 1.24 bits per heavy atom. The second-order valence-electron chi connectivity index (χ2n) is 4.32. The normalized spacial score (nSPS) is 11.0. The van der Waals surface area contributed by atoms with E-state index >= 15 is 0 Å². The standard InChI is InChI=1S/C14H10Cl2N2OS2/c15-11-7-8(13(16)21-11)14(19)17-6-5-12-18-9-3-1-2-4-10(9)20-12/h1-4,7H,5-6H2,(H,17,19). The molecule has 2 aromatic heterocycles. The van der Waals surface area contributed by atoms with Crippen molar-refractivity contribution in [2.45, 2.75) is 6.42 Å². The number of benzene rings is 1. The number of amides is 1. The lowest BCUT2D eigenvalue weighted by Crippen LogP contribution is -2.25. The number of aromatic nitrogens is 1. The largest absolute Gasteiger partial charge is 0.352 e. The number of thiazole rings is 1. The Morgan fingerprint density at radius 3 is 2.76 bits per heavy atom. The van der Waals surface area contributed by atoms with E-state index in [2.05, 4.69) is 10.3 Å². The summed E-state index contributed by atoms with van der Waals surface area (Å²) < 4.78 is 2.08. The van der Waals surface area contributed by atoms with Crippen molar-refractivity contribution < 1.29 is 4.79 Å². The molecule has 3 nitrogen and oxygen atoms in total. The Bertz CT molecular complexity index is 764. The lowest BCUT2D eigenvalue weighted by atomic mass is 10.3. The molecular formula is C14H10Cl2N2OS2. The fraction of sp³-hybridized carbons (Fsp3) is 0.143. The smallest absolute Gasteiger partial charge is 0.253 e. The highest BCUT2D eigenvalue weighted by Crippen LogP contribution is 2.31. The number of nitrogens with zero attached hydrogens (tertiary/aromatic N) is 1. The number of thiophene rings is 1. The lowest BCUT2D eigenvalue weighted by molar-refractivity contribution is 0.0955. The van der Waals surface area contributed by atoms with Crippen LogP contribution in [0.4, 0.5) is 0 Å². The first-order valence-electron chi connectivity index (χ1n) is 6.21. The van der Waals surface area contributed by atoms with Gasteiger partial charge in [-0.15, -0.1) is 22.7 Å². The van der Waals surface area contributed by atoms with Crippen LogP contribution in [-0.2, 0) is 6.42 Å². The monoisotopic (exact) mass is 356 g/mol. The first kappa shape index (κ1) is 14.8. The molecule has 0 aliphatic heterocycles. The molecule has 1 aromatic carbocycles. The van der Waals surface area contributed by atoms with E-state index in [1.165, 1.54) is 11.3 Å². The molecule has 3 aromatic rings. The van der Waals surface area contributed by atoms with Gasteiger partial charge in [-0.3, -0.25) is 4.79 Å². The summed E-state index contributed by atoms with van der Waals surface area (Å²) in [5, 5.41) is 3.84. The van der Waals surface area contributed by atoms with Gasteiger partial charge in [0.15, 0.2) is 0 Å². The molecule has 1 N–H and O–H groups in total. The van der Waals surface area contributed by atoms with Gasteiger partial charge in [0.2, 0.25) is 0 Å². The lowest BCUT2D eigenvalue weighted by Gasteiger charge is -2.02. The Labute approximate surface area is 139 Å². The fourth-order valence-corrected chi connectivity index (χ4v) is 4.33. The topological polar surface area (TPSA) is 42.0 Å². The van der Waals surface area contributed by atoms with Gasteiger partial charge in [0, 0.05) is 13.0 Å². The van der Waals surface area contributed by atoms with Crippen molar-refractivity contribution in [3.63, 3.8) is 0 Å². The molecule has 0 unspecified atom stereocenters. The minimum absolute atomic E-state index is 0.204. The molecule has 0 bridgehead atoms. The molecule has 0 aliphatic carbocycles. The number of carbonyl (C=O) groups excluding carboxylic acids is 1. The molecule has 7 heteroatoms. The van der Waals surface area contributed by atoms with Crippen molar-refractivity contribution in [3.05, 3.63) is 49.6 Å². The van der Waals surface area contributed by atoms with Gasteiger partial charge < -0.3 is 5.32 Å². The first-order chi connectivity index (χ1) is 10.1. The van der Waals surface area contributed by atoms with Crippen LogP contribution in [0, 0.1) is 0 Å². The molecule has 0 saturated heterocycles. The van der Waals surface area contributed by atoms with E-state index in [4.69, 9.17) is 23.2 Å². The molecule has 1 amide bonds. The third kappa shape index (κ3) is 3.37. The Hall–Kier alpha value is -1.14. The zero-order valence-corrected chi connectivity index (χ0v) is 13.9. The molecule has 3 rings (SSSR count). The van der Waals surface area contributed by atoms with Gasteiger partial charge in [-0.05, 0) is 18.2 Å². The SMILES string of the molecule is O=C(NCCc1nc2ccccc2s1)c1cc(Cl)sc1Cl. The molecule has 0 radical (unpaired) electrons. The van der Waals surface area contributed by atoms with Crippen LogP contribution >= 0.6 is 45.9 Å². The second-order valence-corrected chi connectivity index (χ2v) is 7.72. The van der Waals surface area contributed by atoms with Crippen LogP contribution in [0.2, 0.25) is 8.67 Å². The summed E-state index contributed by atoms with van der Waals surface area (Å²) in [6, 6.07) is 9.58. The molecule has 0 fully saturated rings. The maximum atomic E-state index is 12.0. The summed E-state index contributed by atoms with van der Waals surface area (Å²) in [6.45, 7) is 0.516. The Morgan fingerprint density at radius 2 is 2.05 bits per heavy atom. The van der Waals surface area contributed by atoms with Gasteiger partial charge in [-0.25, -0.2) is 4.98 Å². The van der Waals surface area contributed by atoms with Crippen molar-refractivity contribution in [2.75, 3.05) is 6.54 Å². The average molecular weight is 357 g/mol. The number of fused-ring (bicyclic) bond motifs is 1. The van der Waals surface area contributed by atoms with Crippen molar-refractivity contribution in [1.82, 2.24) is 10.3 Å². The predicted molar refractivity (Wildman–Crippen MR) is 90.0 cm³/mol. The molecular weight excluding hydrogens is 347 g/mol. The van der Waals surface area contributed by atoms with Crippen LogP contribution in [0.15, 0.2) is 30.3 Å². The third-order valence-electron chi connectivity index (χ3n) is 2.86. The van der Waals surface area contributed by atoms with Crippen molar-refractivity contribution >= 4 is 62.0 Å². The van der Waals surface area contributed by atoms with Crippen LogP contribution in [0.25, 0.3) is 10.2 Å². The summed E-state index contributed by atoms with van der Waals surface area (Å²) >= 11 is 14.6. The van der Waals surface area contributed by atoms with Gasteiger partial charge >= 0.3 is 0 Å². The fourth-order valence-electron chi connectivity index (χ4n) is 1.90. The third-order valence-corrected chi connectivity index (χ3v) is 5.45. The molecule has 0 aliphatic rings. The highest BCUT2D eigenvalue weighted by molar-refractivity contribution is 7.20. The average Bonchev–Trinajstić information content (AvgIpc) is 3.01. The van der Waals surface area contributed by atoms with E-state index in [1.54, 1.807) is 17.4 Å². The van der Waals surface area contributed by atoms with E-state index in [0.29, 0.717) is 27.2 Å². The molecule has 108 valence electrons. The number of para-hydroxylation sites is 1. The summed E-state index contributed by atoms with van der Waals surface area (Å²) in [5.41, 5.74) is 1.42. The van der Waals surface area contributed by atoms with Crippen LogP contribution < -0.4 is 5.32 Å². The number of hydrogen-bond acceptors (Lipinski definition) is 4.